The van der Waals surface area contributed by atoms with Crippen LogP contribution in [-0.2, 0) is 9.53 Å². The average molecular weight is 228 g/mol. The van der Waals surface area contributed by atoms with E-state index in [1.165, 1.54) is 0 Å². The lowest BCUT2D eigenvalue weighted by Crippen LogP contribution is -2.61. The van der Waals surface area contributed by atoms with E-state index in [0.29, 0.717) is 19.6 Å². The van der Waals surface area contributed by atoms with E-state index in [4.69, 9.17) is 10.5 Å². The van der Waals surface area contributed by atoms with Crippen LogP contribution in [0.4, 0.5) is 0 Å². The van der Waals surface area contributed by atoms with Crippen molar-refractivity contribution in [1.29, 1.82) is 0 Å². The molecule has 0 aliphatic carbocycles. The van der Waals surface area contributed by atoms with Crippen LogP contribution in [0.3, 0.4) is 0 Å². The first-order valence-electron chi connectivity index (χ1n) is 5.71. The molecule has 1 unspecified atom stereocenters. The normalized spacial score (nSPS) is 32.9. The number of amides is 1. The number of carbonyl (C=O) groups is 1. The topological polar surface area (TPSA) is 70.8 Å². The summed E-state index contributed by atoms with van der Waals surface area (Å²) in [5.74, 6) is -0.116. The molecule has 0 bridgehead atoms. The molecule has 2 saturated heterocycles. The number of nitrogens with one attached hydrogen (secondary N) is 1. The van der Waals surface area contributed by atoms with Crippen LogP contribution in [-0.4, -0.2) is 67.8 Å². The fraction of sp³-hybridized carbons (Fsp3) is 0.900. The quantitative estimate of drug-likeness (QED) is 0.594. The predicted octanol–water partition coefficient (Wildman–Crippen LogP) is -1.62. The molecular weight excluding hydrogens is 208 g/mol. The highest BCUT2D eigenvalue weighted by molar-refractivity contribution is 5.86. The highest BCUT2D eigenvalue weighted by Crippen LogP contribution is 2.15. The van der Waals surface area contributed by atoms with Crippen LogP contribution in [0.2, 0.25) is 0 Å². The van der Waals surface area contributed by atoms with Crippen LogP contribution in [0.5, 0.6) is 0 Å². The monoisotopic (exact) mass is 228 g/mol. The smallest absolute Gasteiger partial charge is 0.256 e. The second-order valence-corrected chi connectivity index (χ2v) is 4.69. The molecule has 1 amide bonds. The van der Waals surface area contributed by atoms with Crippen molar-refractivity contribution >= 4 is 5.91 Å². The Hall–Kier alpha value is -0.690. The minimum absolute atomic E-state index is 0.116. The van der Waals surface area contributed by atoms with Crippen molar-refractivity contribution in [3.05, 3.63) is 0 Å². The molecule has 0 saturated carbocycles. The van der Waals surface area contributed by atoms with Crippen LogP contribution in [0.15, 0.2) is 0 Å². The summed E-state index contributed by atoms with van der Waals surface area (Å²) >= 11 is 0. The lowest BCUT2D eigenvalue weighted by molar-refractivity contribution is -0.132. The van der Waals surface area contributed by atoms with Gasteiger partial charge in [0, 0.05) is 39.2 Å². The van der Waals surface area contributed by atoms with Gasteiger partial charge in [0.15, 0.2) is 0 Å². The summed E-state index contributed by atoms with van der Waals surface area (Å²) in [6, 6.07) is 0. The average Bonchev–Trinajstić information content (AvgIpc) is 2.70. The fourth-order valence-electron chi connectivity index (χ4n) is 1.93. The summed E-state index contributed by atoms with van der Waals surface area (Å²) in [5, 5.41) is 1.94. The van der Waals surface area contributed by atoms with Gasteiger partial charge in [-0.1, -0.05) is 0 Å². The summed E-state index contributed by atoms with van der Waals surface area (Å²) in [7, 11) is 2.08. The molecule has 92 valence electrons. The van der Waals surface area contributed by atoms with Gasteiger partial charge in [-0.25, -0.2) is 5.01 Å². The molecule has 6 heteroatoms. The summed E-state index contributed by atoms with van der Waals surface area (Å²) in [5.41, 5.74) is 8.03. The van der Waals surface area contributed by atoms with Crippen LogP contribution in [0.25, 0.3) is 0 Å². The van der Waals surface area contributed by atoms with Crippen molar-refractivity contribution in [3.8, 4) is 0 Å². The van der Waals surface area contributed by atoms with Gasteiger partial charge < -0.3 is 15.4 Å². The Morgan fingerprint density at radius 2 is 2.06 bits per heavy atom. The highest BCUT2D eigenvalue weighted by atomic mass is 16.5. The lowest BCUT2D eigenvalue weighted by Gasteiger charge is -2.34. The molecule has 0 radical (unpaired) electrons. The molecular formula is C10H20N4O2. The van der Waals surface area contributed by atoms with E-state index in [2.05, 4.69) is 17.4 Å². The molecule has 2 rings (SSSR count). The SMILES string of the molecule is CN1CCN(NC(=O)C2(N)CCOC2)CC1. The number of hydrogen-bond acceptors (Lipinski definition) is 5. The Balaban J connectivity index is 1.83. The summed E-state index contributed by atoms with van der Waals surface area (Å²) in [4.78, 5) is 14.2. The molecule has 2 aliphatic heterocycles. The number of hydrogen-bond donors (Lipinski definition) is 2. The zero-order chi connectivity index (χ0) is 11.6. The van der Waals surface area contributed by atoms with E-state index in [0.717, 1.165) is 26.2 Å². The third-order valence-electron chi connectivity index (χ3n) is 3.27. The highest BCUT2D eigenvalue weighted by Gasteiger charge is 2.39. The minimum atomic E-state index is -0.830. The summed E-state index contributed by atoms with van der Waals surface area (Å²) in [6.07, 6.45) is 0.604. The van der Waals surface area contributed by atoms with E-state index < -0.39 is 5.54 Å². The van der Waals surface area contributed by atoms with Gasteiger partial charge in [-0.3, -0.25) is 10.2 Å². The molecule has 1 atom stereocenters. The number of ether oxygens (including phenoxy) is 1. The van der Waals surface area contributed by atoms with Gasteiger partial charge in [0.05, 0.1) is 6.61 Å². The number of piperazine rings is 1. The second kappa shape index (κ2) is 4.67. The van der Waals surface area contributed by atoms with E-state index in [1.54, 1.807) is 0 Å². The number of hydrazine groups is 1. The zero-order valence-corrected chi connectivity index (χ0v) is 9.74. The standard InChI is InChI=1S/C10H20N4O2/c1-13-3-5-14(6-4-13)12-9(15)10(11)2-7-16-8-10/h2-8,11H2,1H3,(H,12,15). The van der Waals surface area contributed by atoms with Crippen LogP contribution < -0.4 is 11.2 Å². The van der Waals surface area contributed by atoms with E-state index in [-0.39, 0.29) is 5.91 Å². The molecule has 0 aromatic carbocycles. The molecule has 2 heterocycles. The maximum absolute atomic E-state index is 11.9. The van der Waals surface area contributed by atoms with Gasteiger partial charge >= 0.3 is 0 Å². The maximum atomic E-state index is 11.9. The Bertz CT molecular complexity index is 258. The van der Waals surface area contributed by atoms with Crippen molar-refractivity contribution in [3.63, 3.8) is 0 Å². The largest absolute Gasteiger partial charge is 0.379 e. The van der Waals surface area contributed by atoms with Crippen LogP contribution in [0.1, 0.15) is 6.42 Å². The second-order valence-electron chi connectivity index (χ2n) is 4.69. The first-order valence-corrected chi connectivity index (χ1v) is 5.71. The molecule has 3 N–H and O–H groups in total. The summed E-state index contributed by atoms with van der Waals surface area (Å²) in [6.45, 7) is 4.53. The zero-order valence-electron chi connectivity index (χ0n) is 9.74. The predicted molar refractivity (Wildman–Crippen MR) is 59.6 cm³/mol. The van der Waals surface area contributed by atoms with Crippen molar-refractivity contribution < 1.29 is 9.53 Å². The van der Waals surface area contributed by atoms with Crippen LogP contribution in [0, 0.1) is 0 Å². The van der Waals surface area contributed by atoms with Crippen molar-refractivity contribution in [2.45, 2.75) is 12.0 Å². The first-order chi connectivity index (χ1) is 7.60. The molecule has 2 fully saturated rings. The Morgan fingerprint density at radius 1 is 1.38 bits per heavy atom. The number of rotatable bonds is 2. The molecule has 2 aliphatic rings. The van der Waals surface area contributed by atoms with Gasteiger partial charge in [0.25, 0.3) is 5.91 Å². The van der Waals surface area contributed by atoms with Crippen molar-refractivity contribution in [2.75, 3.05) is 46.4 Å². The third kappa shape index (κ3) is 2.52. The number of likely N-dealkylation sites (N-methyl/N-ethyl adjacent to an activating group) is 1. The molecule has 0 aromatic heterocycles. The van der Waals surface area contributed by atoms with Crippen LogP contribution >= 0.6 is 0 Å². The van der Waals surface area contributed by atoms with Gasteiger partial charge in [-0.2, -0.15) is 0 Å². The summed E-state index contributed by atoms with van der Waals surface area (Å²) < 4.78 is 5.17. The Kier molecular flexibility index (Phi) is 3.44. The fourth-order valence-corrected chi connectivity index (χ4v) is 1.93. The van der Waals surface area contributed by atoms with Gasteiger partial charge in [0.2, 0.25) is 0 Å². The number of nitrogens with two attached hydrogens (primary N) is 1. The molecule has 6 nitrogen and oxygen atoms in total. The van der Waals surface area contributed by atoms with Gasteiger partial charge in [-0.05, 0) is 7.05 Å². The maximum Gasteiger partial charge on any atom is 0.256 e. The minimum Gasteiger partial charge on any atom is -0.379 e. The Morgan fingerprint density at radius 3 is 2.62 bits per heavy atom. The first kappa shape index (κ1) is 11.8. The number of nitrogens with zero attached hydrogens (tertiary/aromatic N) is 2. The Labute approximate surface area is 95.7 Å². The van der Waals surface area contributed by atoms with Gasteiger partial charge in [-0.15, -0.1) is 0 Å². The molecule has 16 heavy (non-hydrogen) atoms. The van der Waals surface area contributed by atoms with E-state index in [9.17, 15) is 4.79 Å². The van der Waals surface area contributed by atoms with E-state index in [1.807, 2.05) is 5.01 Å². The van der Waals surface area contributed by atoms with Gasteiger partial charge in [0.1, 0.15) is 5.54 Å². The molecule has 0 aromatic rings. The molecule has 0 spiro atoms. The lowest BCUT2D eigenvalue weighted by atomic mass is 10.00. The third-order valence-corrected chi connectivity index (χ3v) is 3.27. The number of carbonyl (C=O) groups excluding carboxylic acids is 1. The van der Waals surface area contributed by atoms with Crippen molar-refractivity contribution in [1.82, 2.24) is 15.3 Å². The van der Waals surface area contributed by atoms with E-state index >= 15 is 0 Å². The van der Waals surface area contributed by atoms with Crippen molar-refractivity contribution in [2.24, 2.45) is 5.73 Å².